The fourth-order valence-electron chi connectivity index (χ4n) is 2.18. The summed E-state index contributed by atoms with van der Waals surface area (Å²) < 4.78 is 19.2. The van der Waals surface area contributed by atoms with Gasteiger partial charge in [0.1, 0.15) is 11.6 Å². The Labute approximate surface area is 141 Å². The molecule has 0 radical (unpaired) electrons. The predicted molar refractivity (Wildman–Crippen MR) is 89.6 cm³/mol. The smallest absolute Gasteiger partial charge is 0.201 e. The molecule has 6 heteroatoms. The maximum absolute atomic E-state index is 14.2. The molecular weight excluding hydrogens is 313 g/mol. The lowest BCUT2D eigenvalue weighted by Crippen LogP contribution is -2.34. The zero-order valence-corrected chi connectivity index (χ0v) is 14.6. The number of hydrogen-bond acceptors (Lipinski definition) is 5. The van der Waals surface area contributed by atoms with Crippen LogP contribution in [-0.2, 0) is 4.79 Å². The number of nitrogens with one attached hydrogen (secondary N) is 1. The quantitative estimate of drug-likeness (QED) is 0.330. The molecule has 0 bridgehead atoms. The van der Waals surface area contributed by atoms with E-state index >= 15 is 0 Å². The highest BCUT2D eigenvalue weighted by molar-refractivity contribution is 6.25. The van der Waals surface area contributed by atoms with Crippen molar-refractivity contribution >= 4 is 11.6 Å². The molecule has 0 fully saturated rings. The van der Waals surface area contributed by atoms with Crippen LogP contribution in [0.25, 0.3) is 0 Å². The third-order valence-corrected chi connectivity index (χ3v) is 3.80. The number of methoxy groups -OCH3 is 1. The number of ether oxygens (including phenoxy) is 1. The first-order valence-electron chi connectivity index (χ1n) is 7.69. The van der Waals surface area contributed by atoms with Gasteiger partial charge in [0.15, 0.2) is 5.78 Å². The number of aliphatic hydroxyl groups excluding tert-OH is 1. The molecule has 0 spiro atoms. The molecule has 0 saturated heterocycles. The minimum Gasteiger partial charge on any atom is -0.496 e. The average Bonchev–Trinajstić information content (AvgIpc) is 2.52. The summed E-state index contributed by atoms with van der Waals surface area (Å²) in [6.45, 7) is 6.56. The van der Waals surface area contributed by atoms with Gasteiger partial charge in [0.05, 0.1) is 30.9 Å². The number of allylic oxidation sites excluding steroid dienone is 1. The second-order valence-electron chi connectivity index (χ2n) is 5.94. The SMILES string of the molecule is COc1cc(F)c(C(=O)C(=CN[C@H](CO)C(C)C)C(C)=O)cc1C. The second kappa shape index (κ2) is 8.59. The van der Waals surface area contributed by atoms with E-state index < -0.39 is 17.4 Å². The molecule has 1 rings (SSSR count). The van der Waals surface area contributed by atoms with Gasteiger partial charge in [0.25, 0.3) is 0 Å². The van der Waals surface area contributed by atoms with Crippen molar-refractivity contribution in [3.8, 4) is 5.75 Å². The van der Waals surface area contributed by atoms with Crippen molar-refractivity contribution in [3.05, 3.63) is 40.8 Å². The summed E-state index contributed by atoms with van der Waals surface area (Å²) >= 11 is 0. The van der Waals surface area contributed by atoms with E-state index in [0.29, 0.717) is 11.3 Å². The first kappa shape index (κ1) is 19.8. The van der Waals surface area contributed by atoms with Crippen LogP contribution in [0.3, 0.4) is 0 Å². The van der Waals surface area contributed by atoms with Gasteiger partial charge >= 0.3 is 0 Å². The topological polar surface area (TPSA) is 75.6 Å². The highest BCUT2D eigenvalue weighted by atomic mass is 19.1. The Bertz CT molecular complexity index is 653. The molecule has 24 heavy (non-hydrogen) atoms. The summed E-state index contributed by atoms with van der Waals surface area (Å²) in [7, 11) is 1.41. The maximum Gasteiger partial charge on any atom is 0.201 e. The average molecular weight is 337 g/mol. The van der Waals surface area contributed by atoms with Gasteiger partial charge in [-0.15, -0.1) is 0 Å². The standard InChI is InChI=1S/C18H24FNO4/c1-10(2)16(9-21)20-8-14(12(4)22)18(23)13-6-11(3)17(24-5)7-15(13)19/h6-8,10,16,20-21H,9H2,1-5H3/t16-/m1/s1. The highest BCUT2D eigenvalue weighted by Gasteiger charge is 2.22. The number of benzene rings is 1. The molecule has 0 aliphatic rings. The van der Waals surface area contributed by atoms with Gasteiger partial charge in [0.2, 0.25) is 5.78 Å². The number of halogens is 1. The van der Waals surface area contributed by atoms with Crippen molar-refractivity contribution in [2.75, 3.05) is 13.7 Å². The molecule has 5 nitrogen and oxygen atoms in total. The number of carbonyl (C=O) groups is 2. The Balaban J connectivity index is 3.20. The molecule has 1 atom stereocenters. The number of aryl methyl sites for hydroxylation is 1. The molecular formula is C18H24FNO4. The number of hydrogen-bond donors (Lipinski definition) is 2. The van der Waals surface area contributed by atoms with Crippen molar-refractivity contribution in [1.29, 1.82) is 0 Å². The summed E-state index contributed by atoms with van der Waals surface area (Å²) in [6.07, 6.45) is 1.25. The summed E-state index contributed by atoms with van der Waals surface area (Å²) in [5, 5.41) is 12.2. The van der Waals surface area contributed by atoms with Crippen LogP contribution in [0.15, 0.2) is 23.9 Å². The molecule has 0 aliphatic heterocycles. The van der Waals surface area contributed by atoms with Crippen LogP contribution in [0.5, 0.6) is 5.75 Å². The molecule has 132 valence electrons. The maximum atomic E-state index is 14.2. The number of Topliss-reactive ketones (excluding diaryl/α,β-unsaturated/α-hetero) is 2. The van der Waals surface area contributed by atoms with E-state index in [4.69, 9.17) is 4.74 Å². The van der Waals surface area contributed by atoms with Crippen LogP contribution in [0.1, 0.15) is 36.7 Å². The predicted octanol–water partition coefficient (Wildman–Crippen LogP) is 2.40. The monoisotopic (exact) mass is 337 g/mol. The Morgan fingerprint density at radius 1 is 1.38 bits per heavy atom. The fourth-order valence-corrected chi connectivity index (χ4v) is 2.18. The van der Waals surface area contributed by atoms with E-state index in [2.05, 4.69) is 5.32 Å². The van der Waals surface area contributed by atoms with Crippen molar-refractivity contribution in [1.82, 2.24) is 5.32 Å². The third kappa shape index (κ3) is 4.64. The largest absolute Gasteiger partial charge is 0.496 e. The van der Waals surface area contributed by atoms with Gasteiger partial charge in [-0.25, -0.2) is 4.39 Å². The molecule has 0 amide bonds. The molecule has 0 aromatic heterocycles. The number of aliphatic hydroxyl groups is 1. The Hall–Kier alpha value is -2.21. The van der Waals surface area contributed by atoms with E-state index in [0.717, 1.165) is 6.07 Å². The van der Waals surface area contributed by atoms with E-state index in [9.17, 15) is 19.1 Å². The van der Waals surface area contributed by atoms with E-state index in [1.165, 1.54) is 26.3 Å². The Morgan fingerprint density at radius 2 is 2.00 bits per heavy atom. The summed E-state index contributed by atoms with van der Waals surface area (Å²) in [4.78, 5) is 24.4. The summed E-state index contributed by atoms with van der Waals surface area (Å²) in [5.41, 5.74) is 0.229. The fraction of sp³-hybridized carbons (Fsp3) is 0.444. The minimum absolute atomic E-state index is 0.0922. The van der Waals surface area contributed by atoms with Gasteiger partial charge in [-0.2, -0.15) is 0 Å². The van der Waals surface area contributed by atoms with Crippen LogP contribution in [0.4, 0.5) is 4.39 Å². The first-order chi connectivity index (χ1) is 11.2. The van der Waals surface area contributed by atoms with E-state index in [-0.39, 0.29) is 29.7 Å². The molecule has 0 saturated carbocycles. The van der Waals surface area contributed by atoms with Crippen molar-refractivity contribution in [3.63, 3.8) is 0 Å². The normalized spacial score (nSPS) is 12.9. The van der Waals surface area contributed by atoms with Crippen LogP contribution >= 0.6 is 0 Å². The zero-order valence-electron chi connectivity index (χ0n) is 14.6. The lowest BCUT2D eigenvalue weighted by molar-refractivity contribution is -0.113. The van der Waals surface area contributed by atoms with E-state index in [1.807, 2.05) is 13.8 Å². The first-order valence-corrected chi connectivity index (χ1v) is 7.69. The minimum atomic E-state index is -0.753. The van der Waals surface area contributed by atoms with Gasteiger partial charge in [0, 0.05) is 12.3 Å². The van der Waals surface area contributed by atoms with Crippen molar-refractivity contribution < 1.29 is 23.8 Å². The Morgan fingerprint density at radius 3 is 2.46 bits per heavy atom. The molecule has 0 unspecified atom stereocenters. The molecule has 0 aliphatic carbocycles. The van der Waals surface area contributed by atoms with Crippen molar-refractivity contribution in [2.45, 2.75) is 33.7 Å². The molecule has 1 aromatic carbocycles. The van der Waals surface area contributed by atoms with Crippen LogP contribution in [-0.4, -0.2) is 36.4 Å². The zero-order chi connectivity index (χ0) is 18.4. The molecule has 1 aromatic rings. The third-order valence-electron chi connectivity index (χ3n) is 3.80. The molecule has 0 heterocycles. The second-order valence-corrected chi connectivity index (χ2v) is 5.94. The lowest BCUT2D eigenvalue weighted by Gasteiger charge is -2.19. The molecule has 2 N–H and O–H groups in total. The van der Waals surface area contributed by atoms with E-state index in [1.54, 1.807) is 6.92 Å². The van der Waals surface area contributed by atoms with Gasteiger partial charge in [-0.05, 0) is 31.4 Å². The van der Waals surface area contributed by atoms with Crippen molar-refractivity contribution in [2.24, 2.45) is 5.92 Å². The summed E-state index contributed by atoms with van der Waals surface area (Å²) in [5.74, 6) is -1.53. The van der Waals surface area contributed by atoms with Gasteiger partial charge in [-0.1, -0.05) is 13.8 Å². The highest BCUT2D eigenvalue weighted by Crippen LogP contribution is 2.24. The van der Waals surface area contributed by atoms with Crippen LogP contribution in [0.2, 0.25) is 0 Å². The van der Waals surface area contributed by atoms with Gasteiger partial charge in [-0.3, -0.25) is 9.59 Å². The number of ketones is 2. The lowest BCUT2D eigenvalue weighted by atomic mass is 9.98. The van der Waals surface area contributed by atoms with Crippen LogP contribution in [0, 0.1) is 18.7 Å². The summed E-state index contributed by atoms with van der Waals surface area (Å²) in [6, 6.07) is 2.17. The number of rotatable bonds is 8. The van der Waals surface area contributed by atoms with Crippen LogP contribution < -0.4 is 10.1 Å². The number of carbonyl (C=O) groups excluding carboxylic acids is 2. The van der Waals surface area contributed by atoms with Gasteiger partial charge < -0.3 is 15.2 Å². The Kier molecular flexibility index (Phi) is 7.10.